The molecule has 0 atom stereocenters. The predicted octanol–water partition coefficient (Wildman–Crippen LogP) is 2.02. The molecule has 20 heavy (non-hydrogen) atoms. The van der Waals surface area contributed by atoms with E-state index in [0.717, 1.165) is 10.9 Å². The number of nitrogens with zero attached hydrogens (tertiary/aromatic N) is 4. The number of halogens is 1. The first-order chi connectivity index (χ1) is 9.76. The highest BCUT2D eigenvalue weighted by Gasteiger charge is 2.08. The molecular weight excluding hydrogens is 280 g/mol. The van der Waals surface area contributed by atoms with E-state index in [9.17, 15) is 0 Å². The molecular formula is C12H11ClN6O. The van der Waals surface area contributed by atoms with Gasteiger partial charge in [-0.2, -0.15) is 15.1 Å². The highest BCUT2D eigenvalue weighted by molar-refractivity contribution is 6.28. The number of nitrogens with one attached hydrogen (secondary N) is 2. The number of pyridine rings is 1. The van der Waals surface area contributed by atoms with Gasteiger partial charge in [0.05, 0.1) is 18.7 Å². The van der Waals surface area contributed by atoms with Gasteiger partial charge in [0.1, 0.15) is 5.82 Å². The molecule has 0 fully saturated rings. The number of methoxy groups -OCH3 is 1. The van der Waals surface area contributed by atoms with Crippen LogP contribution in [0.1, 0.15) is 5.56 Å². The van der Waals surface area contributed by atoms with Gasteiger partial charge in [0.2, 0.25) is 11.2 Å². The molecule has 0 unspecified atom stereocenters. The van der Waals surface area contributed by atoms with Crippen LogP contribution in [0.15, 0.2) is 24.5 Å². The van der Waals surface area contributed by atoms with Crippen LogP contribution in [-0.4, -0.2) is 32.3 Å². The molecule has 0 bridgehead atoms. The van der Waals surface area contributed by atoms with E-state index in [-0.39, 0.29) is 5.28 Å². The van der Waals surface area contributed by atoms with Gasteiger partial charge in [-0.3, -0.25) is 5.10 Å². The third kappa shape index (κ3) is 2.48. The summed E-state index contributed by atoms with van der Waals surface area (Å²) in [6.07, 6.45) is 3.39. The Balaban J connectivity index is 1.80. The van der Waals surface area contributed by atoms with E-state index in [0.29, 0.717) is 23.9 Å². The molecule has 3 rings (SSSR count). The number of anilines is 1. The Hall–Kier alpha value is -2.41. The average Bonchev–Trinajstić information content (AvgIpc) is 2.93. The zero-order chi connectivity index (χ0) is 13.9. The Morgan fingerprint density at radius 1 is 1.30 bits per heavy atom. The number of fused-ring (bicyclic) bond motifs is 1. The van der Waals surface area contributed by atoms with Crippen molar-refractivity contribution >= 4 is 28.5 Å². The van der Waals surface area contributed by atoms with Crippen LogP contribution < -0.4 is 10.1 Å². The van der Waals surface area contributed by atoms with Crippen molar-refractivity contribution in [2.45, 2.75) is 6.54 Å². The first-order valence-corrected chi connectivity index (χ1v) is 6.23. The average molecular weight is 291 g/mol. The zero-order valence-electron chi connectivity index (χ0n) is 10.6. The number of aromatic amines is 1. The van der Waals surface area contributed by atoms with Gasteiger partial charge >= 0.3 is 0 Å². The number of H-pyrrole nitrogens is 1. The molecule has 0 saturated heterocycles. The number of aromatic nitrogens is 5. The van der Waals surface area contributed by atoms with Gasteiger partial charge in [0.25, 0.3) is 0 Å². The van der Waals surface area contributed by atoms with Gasteiger partial charge in [-0.1, -0.05) is 6.07 Å². The van der Waals surface area contributed by atoms with Crippen molar-refractivity contribution in [2.75, 3.05) is 12.4 Å². The van der Waals surface area contributed by atoms with Crippen LogP contribution >= 0.6 is 11.6 Å². The zero-order valence-corrected chi connectivity index (χ0v) is 11.3. The summed E-state index contributed by atoms with van der Waals surface area (Å²) in [5.41, 5.74) is 1.59. The maximum Gasteiger partial charge on any atom is 0.226 e. The lowest BCUT2D eigenvalue weighted by Gasteiger charge is -2.07. The second-order valence-electron chi connectivity index (χ2n) is 4.04. The summed E-state index contributed by atoms with van der Waals surface area (Å²) in [4.78, 5) is 12.3. The van der Waals surface area contributed by atoms with Gasteiger partial charge < -0.3 is 10.1 Å². The first kappa shape index (κ1) is 12.6. The topological polar surface area (TPSA) is 88.6 Å². The monoisotopic (exact) mass is 290 g/mol. The van der Waals surface area contributed by atoms with Crippen LogP contribution in [0.25, 0.3) is 11.0 Å². The molecule has 2 N–H and O–H groups in total. The summed E-state index contributed by atoms with van der Waals surface area (Å²) in [7, 11) is 1.58. The van der Waals surface area contributed by atoms with Crippen molar-refractivity contribution in [2.24, 2.45) is 0 Å². The fraction of sp³-hybridized carbons (Fsp3) is 0.167. The van der Waals surface area contributed by atoms with E-state index in [2.05, 4.69) is 30.5 Å². The molecule has 0 radical (unpaired) electrons. The normalized spacial score (nSPS) is 10.7. The summed E-state index contributed by atoms with van der Waals surface area (Å²) in [5.74, 6) is 1.21. The van der Waals surface area contributed by atoms with Gasteiger partial charge in [0.15, 0.2) is 5.65 Å². The second kappa shape index (κ2) is 5.30. The summed E-state index contributed by atoms with van der Waals surface area (Å²) in [5, 5.41) is 10.8. The van der Waals surface area contributed by atoms with Crippen LogP contribution in [0.5, 0.6) is 5.88 Å². The molecule has 0 aliphatic heterocycles. The minimum atomic E-state index is 0.164. The van der Waals surface area contributed by atoms with E-state index < -0.39 is 0 Å². The Kier molecular flexibility index (Phi) is 3.34. The van der Waals surface area contributed by atoms with Gasteiger partial charge in [-0.25, -0.2) is 4.98 Å². The van der Waals surface area contributed by atoms with Gasteiger partial charge in [-0.15, -0.1) is 0 Å². The molecule has 0 saturated carbocycles. The van der Waals surface area contributed by atoms with E-state index in [4.69, 9.17) is 16.3 Å². The number of hydrogen-bond donors (Lipinski definition) is 2. The molecule has 0 aromatic carbocycles. The first-order valence-electron chi connectivity index (χ1n) is 5.85. The minimum absolute atomic E-state index is 0.164. The number of hydrogen-bond acceptors (Lipinski definition) is 6. The van der Waals surface area contributed by atoms with Crippen molar-refractivity contribution in [3.63, 3.8) is 0 Å². The van der Waals surface area contributed by atoms with Crippen LogP contribution in [-0.2, 0) is 6.54 Å². The SMILES string of the molecule is COc1ccc(CNc2nc(Cl)nc3[nH]ncc23)cn1. The lowest BCUT2D eigenvalue weighted by molar-refractivity contribution is 0.397. The summed E-state index contributed by atoms with van der Waals surface area (Å²) in [6.45, 7) is 0.560. The summed E-state index contributed by atoms with van der Waals surface area (Å²) in [6, 6.07) is 3.73. The third-order valence-corrected chi connectivity index (χ3v) is 2.92. The van der Waals surface area contributed by atoms with Crippen LogP contribution in [0.4, 0.5) is 5.82 Å². The molecule has 3 heterocycles. The molecule has 0 aliphatic rings. The third-order valence-electron chi connectivity index (χ3n) is 2.75. The van der Waals surface area contributed by atoms with Gasteiger partial charge in [-0.05, 0) is 17.2 Å². The lowest BCUT2D eigenvalue weighted by Crippen LogP contribution is -2.03. The van der Waals surface area contributed by atoms with Crippen molar-refractivity contribution in [3.8, 4) is 5.88 Å². The van der Waals surface area contributed by atoms with E-state index in [1.807, 2.05) is 6.07 Å². The van der Waals surface area contributed by atoms with Crippen molar-refractivity contribution in [1.82, 2.24) is 25.1 Å². The number of ether oxygens (including phenoxy) is 1. The Bertz CT molecular complexity index is 726. The Morgan fingerprint density at radius 3 is 2.95 bits per heavy atom. The fourth-order valence-corrected chi connectivity index (χ4v) is 1.93. The van der Waals surface area contributed by atoms with E-state index >= 15 is 0 Å². The second-order valence-corrected chi connectivity index (χ2v) is 4.37. The molecule has 7 nitrogen and oxygen atoms in total. The largest absolute Gasteiger partial charge is 0.481 e. The smallest absolute Gasteiger partial charge is 0.226 e. The standard InChI is InChI=1S/C12H11ClN6O/c1-20-9-3-2-7(4-14-9)5-15-10-8-6-16-19-11(8)18-12(13)17-10/h2-4,6H,5H2,1H3,(H2,15,16,17,18,19). The predicted molar refractivity (Wildman–Crippen MR) is 74.8 cm³/mol. The van der Waals surface area contributed by atoms with Crippen molar-refractivity contribution in [1.29, 1.82) is 0 Å². The minimum Gasteiger partial charge on any atom is -0.481 e. The van der Waals surface area contributed by atoms with Crippen LogP contribution in [0.2, 0.25) is 5.28 Å². The quantitative estimate of drug-likeness (QED) is 0.715. The highest BCUT2D eigenvalue weighted by atomic mass is 35.5. The van der Waals surface area contributed by atoms with Gasteiger partial charge in [0, 0.05) is 18.8 Å². The lowest BCUT2D eigenvalue weighted by atomic mass is 10.3. The van der Waals surface area contributed by atoms with E-state index in [1.54, 1.807) is 25.6 Å². The Morgan fingerprint density at radius 2 is 2.20 bits per heavy atom. The van der Waals surface area contributed by atoms with E-state index in [1.165, 1.54) is 0 Å². The van der Waals surface area contributed by atoms with Crippen LogP contribution in [0, 0.1) is 0 Å². The maximum atomic E-state index is 5.86. The highest BCUT2D eigenvalue weighted by Crippen LogP contribution is 2.20. The molecule has 3 aromatic heterocycles. The van der Waals surface area contributed by atoms with Crippen LogP contribution in [0.3, 0.4) is 0 Å². The molecule has 3 aromatic rings. The molecule has 8 heteroatoms. The maximum absolute atomic E-state index is 5.86. The molecule has 0 aliphatic carbocycles. The summed E-state index contributed by atoms with van der Waals surface area (Å²) < 4.78 is 5.01. The molecule has 102 valence electrons. The fourth-order valence-electron chi connectivity index (χ4n) is 1.76. The Labute approximate surface area is 119 Å². The number of rotatable bonds is 4. The summed E-state index contributed by atoms with van der Waals surface area (Å²) >= 11 is 5.86. The van der Waals surface area contributed by atoms with Crippen molar-refractivity contribution in [3.05, 3.63) is 35.4 Å². The molecule has 0 spiro atoms. The van der Waals surface area contributed by atoms with Crippen molar-refractivity contribution < 1.29 is 4.74 Å². The molecule has 0 amide bonds.